The molecule has 0 aliphatic rings. The zero-order valence-corrected chi connectivity index (χ0v) is 9.01. The van der Waals surface area contributed by atoms with Crippen LogP contribution in [0, 0.1) is 0 Å². The van der Waals surface area contributed by atoms with Crippen molar-refractivity contribution >= 4 is 18.3 Å². The number of halogens is 1. The monoisotopic (exact) mass is 214 g/mol. The van der Waals surface area contributed by atoms with Crippen molar-refractivity contribution in [1.82, 2.24) is 10.3 Å². The first kappa shape index (κ1) is 12.9. The third kappa shape index (κ3) is 4.23. The second-order valence-corrected chi connectivity index (χ2v) is 2.85. The second kappa shape index (κ2) is 7.33. The second-order valence-electron chi connectivity index (χ2n) is 2.85. The van der Waals surface area contributed by atoms with Crippen LogP contribution in [0.3, 0.4) is 0 Å². The minimum atomic E-state index is -0.0402. The molecule has 0 fully saturated rings. The first-order valence-electron chi connectivity index (χ1n) is 4.53. The molecule has 78 valence electrons. The van der Waals surface area contributed by atoms with Crippen molar-refractivity contribution in [2.24, 2.45) is 0 Å². The Morgan fingerprint density at radius 3 is 2.93 bits per heavy atom. The Balaban J connectivity index is 0.00000169. The van der Waals surface area contributed by atoms with Crippen LogP contribution >= 0.6 is 12.4 Å². The SMILES string of the molecule is CCCCNC(=O)c1cccnc1.Cl. The maximum atomic E-state index is 11.4. The van der Waals surface area contributed by atoms with Gasteiger partial charge >= 0.3 is 0 Å². The zero-order valence-electron chi connectivity index (χ0n) is 8.19. The highest BCUT2D eigenvalue weighted by Gasteiger charge is 2.02. The lowest BCUT2D eigenvalue weighted by Gasteiger charge is -2.02. The van der Waals surface area contributed by atoms with E-state index in [1.807, 2.05) is 0 Å². The molecule has 0 aliphatic heterocycles. The van der Waals surface area contributed by atoms with E-state index in [4.69, 9.17) is 0 Å². The van der Waals surface area contributed by atoms with E-state index in [1.54, 1.807) is 24.5 Å². The fourth-order valence-electron chi connectivity index (χ4n) is 0.978. The molecular weight excluding hydrogens is 200 g/mol. The summed E-state index contributed by atoms with van der Waals surface area (Å²) in [6.45, 7) is 2.83. The zero-order chi connectivity index (χ0) is 9.52. The van der Waals surface area contributed by atoms with Crippen LogP contribution < -0.4 is 5.32 Å². The molecule has 0 aliphatic carbocycles. The predicted molar refractivity (Wildman–Crippen MR) is 58.7 cm³/mol. The Morgan fingerprint density at radius 2 is 2.36 bits per heavy atom. The number of nitrogens with one attached hydrogen (secondary N) is 1. The minimum absolute atomic E-state index is 0. The quantitative estimate of drug-likeness (QED) is 0.780. The van der Waals surface area contributed by atoms with Crippen LogP contribution in [0.2, 0.25) is 0 Å². The average molecular weight is 215 g/mol. The summed E-state index contributed by atoms with van der Waals surface area (Å²) in [6.07, 6.45) is 5.34. The number of rotatable bonds is 4. The summed E-state index contributed by atoms with van der Waals surface area (Å²) in [4.78, 5) is 15.2. The van der Waals surface area contributed by atoms with Gasteiger partial charge in [0.1, 0.15) is 0 Å². The molecule has 1 aromatic heterocycles. The molecule has 0 saturated carbocycles. The smallest absolute Gasteiger partial charge is 0.252 e. The number of pyridine rings is 1. The van der Waals surface area contributed by atoms with Crippen LogP contribution in [-0.4, -0.2) is 17.4 Å². The lowest BCUT2D eigenvalue weighted by molar-refractivity contribution is 0.0953. The van der Waals surface area contributed by atoms with Gasteiger partial charge in [-0.15, -0.1) is 12.4 Å². The van der Waals surface area contributed by atoms with Gasteiger partial charge in [0.15, 0.2) is 0 Å². The van der Waals surface area contributed by atoms with Gasteiger partial charge in [-0.3, -0.25) is 9.78 Å². The van der Waals surface area contributed by atoms with Gasteiger partial charge in [0.05, 0.1) is 5.56 Å². The van der Waals surface area contributed by atoms with E-state index >= 15 is 0 Å². The first-order valence-corrected chi connectivity index (χ1v) is 4.53. The summed E-state index contributed by atoms with van der Waals surface area (Å²) in [5.41, 5.74) is 0.624. The number of unbranched alkanes of at least 4 members (excludes halogenated alkanes) is 1. The summed E-state index contributed by atoms with van der Waals surface area (Å²) >= 11 is 0. The highest BCUT2D eigenvalue weighted by molar-refractivity contribution is 5.93. The number of nitrogens with zero attached hydrogens (tertiary/aromatic N) is 1. The number of carbonyl (C=O) groups excluding carboxylic acids is 1. The first-order chi connectivity index (χ1) is 6.34. The summed E-state index contributed by atoms with van der Waals surface area (Å²) < 4.78 is 0. The molecule has 1 aromatic rings. The fourth-order valence-corrected chi connectivity index (χ4v) is 0.978. The van der Waals surface area contributed by atoms with E-state index in [0.29, 0.717) is 5.56 Å². The maximum absolute atomic E-state index is 11.4. The average Bonchev–Trinajstić information content (AvgIpc) is 2.19. The Kier molecular flexibility index (Phi) is 6.76. The van der Waals surface area contributed by atoms with Crippen LogP contribution in [0.25, 0.3) is 0 Å². The number of carbonyl (C=O) groups is 1. The number of hydrogen-bond donors (Lipinski definition) is 1. The molecule has 1 heterocycles. The Labute approximate surface area is 90.3 Å². The Morgan fingerprint density at radius 1 is 1.57 bits per heavy atom. The standard InChI is InChI=1S/C10H14N2O.ClH/c1-2-3-7-12-10(13)9-5-4-6-11-8-9;/h4-6,8H,2-3,7H2,1H3,(H,12,13);1H. The van der Waals surface area contributed by atoms with E-state index in [1.165, 1.54) is 0 Å². The topological polar surface area (TPSA) is 42.0 Å². The van der Waals surface area contributed by atoms with E-state index in [2.05, 4.69) is 17.2 Å². The summed E-state index contributed by atoms with van der Waals surface area (Å²) in [6, 6.07) is 3.52. The Bertz CT molecular complexity index is 264. The molecule has 1 rings (SSSR count). The van der Waals surface area contributed by atoms with E-state index in [0.717, 1.165) is 19.4 Å². The summed E-state index contributed by atoms with van der Waals surface area (Å²) in [5, 5.41) is 2.82. The number of hydrogen-bond acceptors (Lipinski definition) is 2. The van der Waals surface area contributed by atoms with Gasteiger partial charge in [-0.2, -0.15) is 0 Å². The van der Waals surface area contributed by atoms with Gasteiger partial charge in [0.25, 0.3) is 5.91 Å². The van der Waals surface area contributed by atoms with Crippen molar-refractivity contribution in [3.63, 3.8) is 0 Å². The van der Waals surface area contributed by atoms with Gasteiger partial charge in [0.2, 0.25) is 0 Å². The van der Waals surface area contributed by atoms with Crippen LogP contribution in [0.4, 0.5) is 0 Å². The van der Waals surface area contributed by atoms with Gasteiger partial charge in [-0.25, -0.2) is 0 Å². The summed E-state index contributed by atoms with van der Waals surface area (Å²) in [5.74, 6) is -0.0402. The van der Waals surface area contributed by atoms with Crippen LogP contribution in [0.15, 0.2) is 24.5 Å². The molecule has 0 radical (unpaired) electrons. The number of aromatic nitrogens is 1. The lowest BCUT2D eigenvalue weighted by atomic mass is 10.2. The van der Waals surface area contributed by atoms with Gasteiger partial charge in [0, 0.05) is 18.9 Å². The predicted octanol–water partition coefficient (Wildman–Crippen LogP) is 2.03. The third-order valence-corrected chi connectivity index (χ3v) is 1.74. The molecule has 4 heteroatoms. The molecule has 1 N–H and O–H groups in total. The molecule has 0 bridgehead atoms. The lowest BCUT2D eigenvalue weighted by Crippen LogP contribution is -2.24. The molecule has 0 saturated heterocycles. The number of amides is 1. The molecule has 0 atom stereocenters. The molecule has 0 unspecified atom stereocenters. The largest absolute Gasteiger partial charge is 0.352 e. The normalized spacial score (nSPS) is 8.93. The fraction of sp³-hybridized carbons (Fsp3) is 0.400. The highest BCUT2D eigenvalue weighted by atomic mass is 35.5. The van der Waals surface area contributed by atoms with Crippen molar-refractivity contribution in [3.8, 4) is 0 Å². The van der Waals surface area contributed by atoms with Crippen molar-refractivity contribution < 1.29 is 4.79 Å². The van der Waals surface area contributed by atoms with Gasteiger partial charge < -0.3 is 5.32 Å². The van der Waals surface area contributed by atoms with Crippen molar-refractivity contribution in [1.29, 1.82) is 0 Å². The van der Waals surface area contributed by atoms with Crippen molar-refractivity contribution in [2.75, 3.05) is 6.54 Å². The van der Waals surface area contributed by atoms with E-state index in [-0.39, 0.29) is 18.3 Å². The van der Waals surface area contributed by atoms with E-state index in [9.17, 15) is 4.79 Å². The minimum Gasteiger partial charge on any atom is -0.352 e. The summed E-state index contributed by atoms with van der Waals surface area (Å²) in [7, 11) is 0. The van der Waals surface area contributed by atoms with Crippen LogP contribution in [0.1, 0.15) is 30.1 Å². The molecule has 0 spiro atoms. The Hall–Kier alpha value is -1.09. The van der Waals surface area contributed by atoms with E-state index < -0.39 is 0 Å². The molecule has 3 nitrogen and oxygen atoms in total. The van der Waals surface area contributed by atoms with Crippen LogP contribution in [-0.2, 0) is 0 Å². The van der Waals surface area contributed by atoms with Crippen LogP contribution in [0.5, 0.6) is 0 Å². The van der Waals surface area contributed by atoms with Gasteiger partial charge in [-0.1, -0.05) is 13.3 Å². The third-order valence-electron chi connectivity index (χ3n) is 1.74. The molecule has 0 aromatic carbocycles. The highest BCUT2D eigenvalue weighted by Crippen LogP contribution is 1.95. The van der Waals surface area contributed by atoms with Gasteiger partial charge in [-0.05, 0) is 18.6 Å². The molecular formula is C10H15ClN2O. The maximum Gasteiger partial charge on any atom is 0.252 e. The van der Waals surface area contributed by atoms with Crippen molar-refractivity contribution in [2.45, 2.75) is 19.8 Å². The molecule has 14 heavy (non-hydrogen) atoms. The van der Waals surface area contributed by atoms with Crippen molar-refractivity contribution in [3.05, 3.63) is 30.1 Å². The molecule has 1 amide bonds.